The lowest BCUT2D eigenvalue weighted by molar-refractivity contribution is 0.0586. The predicted octanol–water partition coefficient (Wildman–Crippen LogP) is 0.754. The van der Waals surface area contributed by atoms with E-state index in [2.05, 4.69) is 20.0 Å². The Morgan fingerprint density at radius 3 is 2.71 bits per heavy atom. The van der Waals surface area contributed by atoms with E-state index in [0.29, 0.717) is 18.1 Å². The molecule has 0 saturated carbocycles. The van der Waals surface area contributed by atoms with Crippen LogP contribution < -0.4 is 5.32 Å². The first-order valence-electron chi connectivity index (χ1n) is 5.22. The molecule has 94 valence electrons. The fourth-order valence-electron chi connectivity index (χ4n) is 1.15. The first kappa shape index (κ1) is 13.4. The van der Waals surface area contributed by atoms with Crippen LogP contribution in [0.2, 0.25) is 0 Å². The number of ether oxygens (including phenoxy) is 1. The van der Waals surface area contributed by atoms with E-state index in [-0.39, 0.29) is 5.82 Å². The second kappa shape index (κ2) is 5.09. The van der Waals surface area contributed by atoms with Gasteiger partial charge in [-0.05, 0) is 20.8 Å². The number of methoxy groups -OCH3 is 1. The molecule has 0 unspecified atom stereocenters. The van der Waals surface area contributed by atoms with Gasteiger partial charge in [0, 0.05) is 18.3 Å². The molecule has 0 atom stereocenters. The molecule has 17 heavy (non-hydrogen) atoms. The molecule has 1 rings (SSSR count). The predicted molar refractivity (Wildman–Crippen MR) is 62.9 cm³/mol. The van der Waals surface area contributed by atoms with Crippen molar-refractivity contribution in [2.75, 3.05) is 19.0 Å². The normalized spacial score (nSPS) is 11.1. The van der Waals surface area contributed by atoms with Crippen molar-refractivity contribution in [2.45, 2.75) is 26.4 Å². The lowest BCUT2D eigenvalue weighted by Gasteiger charge is -2.18. The number of aryl methyl sites for hydroxylation is 1. The SMILES string of the molecule is COC(=O)c1nc(C)cc(NCC(C)(C)O)n1. The van der Waals surface area contributed by atoms with Gasteiger partial charge in [-0.25, -0.2) is 14.8 Å². The van der Waals surface area contributed by atoms with E-state index in [1.54, 1.807) is 26.8 Å². The van der Waals surface area contributed by atoms with Crippen LogP contribution in [0.3, 0.4) is 0 Å². The van der Waals surface area contributed by atoms with Crippen LogP contribution in [0.1, 0.15) is 30.2 Å². The average molecular weight is 239 g/mol. The van der Waals surface area contributed by atoms with Gasteiger partial charge in [-0.3, -0.25) is 0 Å². The molecule has 0 saturated heterocycles. The summed E-state index contributed by atoms with van der Waals surface area (Å²) in [5.74, 6) is -0.0919. The standard InChI is InChI=1S/C11H17N3O3/c1-7-5-8(12-6-11(2,3)16)14-9(13-7)10(15)17-4/h5,16H,6H2,1-4H3,(H,12,13,14). The van der Waals surface area contributed by atoms with Crippen LogP contribution in [0.15, 0.2) is 6.07 Å². The maximum atomic E-state index is 11.3. The summed E-state index contributed by atoms with van der Waals surface area (Å²) < 4.78 is 4.55. The van der Waals surface area contributed by atoms with Crippen LogP contribution in [0.25, 0.3) is 0 Å². The van der Waals surface area contributed by atoms with Crippen molar-refractivity contribution in [1.82, 2.24) is 9.97 Å². The van der Waals surface area contributed by atoms with E-state index in [0.717, 1.165) is 0 Å². The number of esters is 1. The van der Waals surface area contributed by atoms with Gasteiger partial charge < -0.3 is 15.2 Å². The topological polar surface area (TPSA) is 84.3 Å². The fourth-order valence-corrected chi connectivity index (χ4v) is 1.15. The fraction of sp³-hybridized carbons (Fsp3) is 0.545. The van der Waals surface area contributed by atoms with Gasteiger partial charge in [0.25, 0.3) is 0 Å². The number of carbonyl (C=O) groups excluding carboxylic acids is 1. The Balaban J connectivity index is 2.86. The molecule has 0 aliphatic rings. The largest absolute Gasteiger partial charge is 0.463 e. The monoisotopic (exact) mass is 239 g/mol. The van der Waals surface area contributed by atoms with Gasteiger partial charge in [0.1, 0.15) is 5.82 Å². The van der Waals surface area contributed by atoms with Gasteiger partial charge in [0.2, 0.25) is 5.82 Å². The van der Waals surface area contributed by atoms with Crippen LogP contribution in [0.4, 0.5) is 5.82 Å². The van der Waals surface area contributed by atoms with Gasteiger partial charge in [-0.1, -0.05) is 0 Å². The van der Waals surface area contributed by atoms with Crippen molar-refractivity contribution in [1.29, 1.82) is 0 Å². The third-order valence-electron chi connectivity index (χ3n) is 1.92. The molecule has 0 aliphatic carbocycles. The first-order chi connectivity index (χ1) is 7.81. The number of carbonyl (C=O) groups is 1. The van der Waals surface area contributed by atoms with Gasteiger partial charge in [0.15, 0.2) is 0 Å². The zero-order valence-corrected chi connectivity index (χ0v) is 10.4. The van der Waals surface area contributed by atoms with E-state index in [9.17, 15) is 9.90 Å². The molecular formula is C11H17N3O3. The lowest BCUT2D eigenvalue weighted by atomic mass is 10.1. The Bertz CT molecular complexity index is 413. The Morgan fingerprint density at radius 2 is 2.18 bits per heavy atom. The summed E-state index contributed by atoms with van der Waals surface area (Å²) in [6.45, 7) is 5.43. The third-order valence-corrected chi connectivity index (χ3v) is 1.92. The molecule has 1 heterocycles. The van der Waals surface area contributed by atoms with E-state index in [1.165, 1.54) is 7.11 Å². The molecule has 1 aromatic heterocycles. The summed E-state index contributed by atoms with van der Waals surface area (Å²) in [4.78, 5) is 19.3. The quantitative estimate of drug-likeness (QED) is 0.754. The Labute approximate surface area is 100 Å². The molecule has 0 aliphatic heterocycles. The summed E-state index contributed by atoms with van der Waals surface area (Å²) in [7, 11) is 1.28. The molecular weight excluding hydrogens is 222 g/mol. The van der Waals surface area contributed by atoms with Gasteiger partial charge in [-0.15, -0.1) is 0 Å². The molecule has 1 aromatic rings. The molecule has 0 bridgehead atoms. The van der Waals surface area contributed by atoms with Crippen molar-refractivity contribution in [3.8, 4) is 0 Å². The summed E-state index contributed by atoms with van der Waals surface area (Å²) in [6.07, 6.45) is 0. The van der Waals surface area contributed by atoms with Crippen LogP contribution in [0.5, 0.6) is 0 Å². The van der Waals surface area contributed by atoms with E-state index in [1.807, 2.05) is 0 Å². The summed E-state index contributed by atoms with van der Waals surface area (Å²) >= 11 is 0. The summed E-state index contributed by atoms with van der Waals surface area (Å²) in [5.41, 5.74) is -0.205. The minimum atomic E-state index is -0.857. The van der Waals surface area contributed by atoms with E-state index in [4.69, 9.17) is 0 Å². The van der Waals surface area contributed by atoms with Crippen molar-refractivity contribution in [3.63, 3.8) is 0 Å². The molecule has 0 aromatic carbocycles. The van der Waals surface area contributed by atoms with Crippen LogP contribution in [-0.2, 0) is 4.74 Å². The first-order valence-corrected chi connectivity index (χ1v) is 5.22. The lowest BCUT2D eigenvalue weighted by Crippen LogP contribution is -2.29. The van der Waals surface area contributed by atoms with Crippen LogP contribution in [-0.4, -0.2) is 40.3 Å². The second-order valence-electron chi connectivity index (χ2n) is 4.38. The minimum Gasteiger partial charge on any atom is -0.463 e. The number of aliphatic hydroxyl groups is 1. The molecule has 6 heteroatoms. The van der Waals surface area contributed by atoms with Gasteiger partial charge in [0.05, 0.1) is 12.7 Å². The molecule has 6 nitrogen and oxygen atoms in total. The number of hydrogen-bond acceptors (Lipinski definition) is 6. The zero-order valence-electron chi connectivity index (χ0n) is 10.4. The summed E-state index contributed by atoms with van der Waals surface area (Å²) in [5, 5.41) is 12.5. The maximum absolute atomic E-state index is 11.3. The smallest absolute Gasteiger partial charge is 0.376 e. The highest BCUT2D eigenvalue weighted by Crippen LogP contribution is 2.09. The van der Waals surface area contributed by atoms with Crippen molar-refractivity contribution in [2.24, 2.45) is 0 Å². The number of rotatable bonds is 4. The molecule has 0 radical (unpaired) electrons. The number of aromatic nitrogens is 2. The summed E-state index contributed by atoms with van der Waals surface area (Å²) in [6, 6.07) is 1.69. The Morgan fingerprint density at radius 1 is 1.53 bits per heavy atom. The highest BCUT2D eigenvalue weighted by Gasteiger charge is 2.14. The second-order valence-corrected chi connectivity index (χ2v) is 4.38. The zero-order chi connectivity index (χ0) is 13.1. The number of hydrogen-bond donors (Lipinski definition) is 2. The Kier molecular flexibility index (Phi) is 4.01. The highest BCUT2D eigenvalue weighted by atomic mass is 16.5. The highest BCUT2D eigenvalue weighted by molar-refractivity contribution is 5.85. The average Bonchev–Trinajstić information content (AvgIpc) is 2.23. The molecule has 0 amide bonds. The van der Waals surface area contributed by atoms with Crippen molar-refractivity contribution in [3.05, 3.63) is 17.6 Å². The molecule has 0 fully saturated rings. The van der Waals surface area contributed by atoms with E-state index >= 15 is 0 Å². The Hall–Kier alpha value is -1.69. The number of anilines is 1. The molecule has 0 spiro atoms. The maximum Gasteiger partial charge on any atom is 0.376 e. The molecule has 2 N–H and O–H groups in total. The third kappa shape index (κ3) is 4.36. The number of nitrogens with one attached hydrogen (secondary N) is 1. The minimum absolute atomic E-state index is 0.00532. The van der Waals surface area contributed by atoms with Crippen molar-refractivity contribution < 1.29 is 14.6 Å². The van der Waals surface area contributed by atoms with Crippen LogP contribution >= 0.6 is 0 Å². The van der Waals surface area contributed by atoms with Crippen molar-refractivity contribution >= 4 is 11.8 Å². The number of nitrogens with zero attached hydrogens (tertiary/aromatic N) is 2. The van der Waals surface area contributed by atoms with Gasteiger partial charge in [-0.2, -0.15) is 0 Å². The van der Waals surface area contributed by atoms with Crippen LogP contribution in [0, 0.1) is 6.92 Å². The van der Waals surface area contributed by atoms with E-state index < -0.39 is 11.6 Å². The van der Waals surface area contributed by atoms with Gasteiger partial charge >= 0.3 is 5.97 Å².